The lowest BCUT2D eigenvalue weighted by Gasteiger charge is -2.09. The number of nitro groups is 1. The van der Waals surface area contributed by atoms with Crippen LogP contribution in [0.2, 0.25) is 0 Å². The molecule has 0 spiro atoms. The summed E-state index contributed by atoms with van der Waals surface area (Å²) in [6.45, 7) is 1.50. The average molecular weight is 382 g/mol. The number of nitro benzene ring substituents is 1. The summed E-state index contributed by atoms with van der Waals surface area (Å²) in [4.78, 5) is 33.9. The molecule has 0 unspecified atom stereocenters. The van der Waals surface area contributed by atoms with Crippen molar-refractivity contribution in [1.82, 2.24) is 0 Å². The van der Waals surface area contributed by atoms with Crippen molar-refractivity contribution in [2.45, 2.75) is 6.92 Å². The summed E-state index contributed by atoms with van der Waals surface area (Å²) in [7, 11) is 0. The van der Waals surface area contributed by atoms with E-state index in [4.69, 9.17) is 9.52 Å². The van der Waals surface area contributed by atoms with Crippen molar-refractivity contribution in [3.63, 3.8) is 0 Å². The molecule has 3 rings (SSSR count). The Morgan fingerprint density at radius 3 is 2.57 bits per heavy atom. The number of carboxylic acids is 1. The quantitative estimate of drug-likeness (QED) is 0.346. The van der Waals surface area contributed by atoms with Gasteiger partial charge in [0.1, 0.15) is 17.1 Å². The number of amides is 1. The second-order valence-corrected chi connectivity index (χ2v) is 5.92. The number of rotatable bonds is 5. The summed E-state index contributed by atoms with van der Waals surface area (Å²) in [6, 6.07) is 11.2. The standard InChI is InChI=1S/C19H14N2O7/c1-10-7-12(9-14(17(10)22)19(24)25)20-18(23)16-6-5-15(28-16)11-3-2-4-13(8-11)21(26)27/h2-9,22H,1H3,(H,20,23)(H,24,25). The minimum atomic E-state index is -1.33. The minimum Gasteiger partial charge on any atom is -0.507 e. The number of carbonyl (C=O) groups is 2. The SMILES string of the molecule is Cc1cc(NC(=O)c2ccc(-c3cccc([N+](=O)[O-])c3)o2)cc(C(=O)O)c1O. The average Bonchev–Trinajstić information content (AvgIpc) is 3.14. The zero-order valence-electron chi connectivity index (χ0n) is 14.5. The molecule has 0 radical (unpaired) electrons. The molecule has 28 heavy (non-hydrogen) atoms. The fourth-order valence-corrected chi connectivity index (χ4v) is 2.60. The van der Waals surface area contributed by atoms with Gasteiger partial charge in [-0.2, -0.15) is 0 Å². The molecule has 0 saturated carbocycles. The topological polar surface area (TPSA) is 143 Å². The summed E-state index contributed by atoms with van der Waals surface area (Å²) in [5.74, 6) is -2.15. The van der Waals surface area contributed by atoms with Gasteiger partial charge in [0, 0.05) is 23.4 Å². The predicted octanol–water partition coefficient (Wildman–Crippen LogP) is 3.82. The van der Waals surface area contributed by atoms with E-state index in [1.165, 1.54) is 43.3 Å². The maximum Gasteiger partial charge on any atom is 0.339 e. The van der Waals surface area contributed by atoms with E-state index in [2.05, 4.69) is 5.32 Å². The predicted molar refractivity (Wildman–Crippen MR) is 98.6 cm³/mol. The van der Waals surface area contributed by atoms with Gasteiger partial charge in [0.2, 0.25) is 0 Å². The number of nitrogens with one attached hydrogen (secondary N) is 1. The van der Waals surface area contributed by atoms with Crippen LogP contribution in [0.15, 0.2) is 52.9 Å². The Morgan fingerprint density at radius 1 is 1.14 bits per heavy atom. The Kier molecular flexibility index (Phi) is 4.82. The van der Waals surface area contributed by atoms with Crippen LogP contribution in [-0.4, -0.2) is 27.0 Å². The second kappa shape index (κ2) is 7.23. The number of aromatic carboxylic acids is 1. The number of carboxylic acid groups (broad SMARTS) is 1. The number of aromatic hydroxyl groups is 1. The lowest BCUT2D eigenvalue weighted by molar-refractivity contribution is -0.384. The number of benzene rings is 2. The molecule has 142 valence electrons. The van der Waals surface area contributed by atoms with Crippen molar-refractivity contribution in [1.29, 1.82) is 0 Å². The van der Waals surface area contributed by atoms with E-state index in [-0.39, 0.29) is 39.8 Å². The second-order valence-electron chi connectivity index (χ2n) is 5.92. The Balaban J connectivity index is 1.85. The van der Waals surface area contributed by atoms with Gasteiger partial charge in [0.05, 0.1) is 4.92 Å². The van der Waals surface area contributed by atoms with Crippen LogP contribution in [0.25, 0.3) is 11.3 Å². The number of carbonyl (C=O) groups excluding carboxylic acids is 1. The highest BCUT2D eigenvalue weighted by Crippen LogP contribution is 2.28. The lowest BCUT2D eigenvalue weighted by Crippen LogP contribution is -2.12. The van der Waals surface area contributed by atoms with Gasteiger partial charge in [0.25, 0.3) is 11.6 Å². The van der Waals surface area contributed by atoms with Crippen molar-refractivity contribution in [3.05, 3.63) is 75.5 Å². The Bertz CT molecular complexity index is 1100. The highest BCUT2D eigenvalue weighted by Gasteiger charge is 2.17. The molecule has 2 aromatic carbocycles. The molecule has 3 aromatic rings. The third kappa shape index (κ3) is 3.68. The van der Waals surface area contributed by atoms with Crippen LogP contribution in [0.1, 0.15) is 26.5 Å². The first-order valence-corrected chi connectivity index (χ1v) is 7.99. The normalized spacial score (nSPS) is 10.5. The summed E-state index contributed by atoms with van der Waals surface area (Å²) < 4.78 is 5.47. The molecule has 0 saturated heterocycles. The van der Waals surface area contributed by atoms with Gasteiger partial charge >= 0.3 is 5.97 Å². The molecule has 0 atom stereocenters. The minimum absolute atomic E-state index is 0.0656. The van der Waals surface area contributed by atoms with E-state index >= 15 is 0 Å². The van der Waals surface area contributed by atoms with Crippen molar-refractivity contribution in [3.8, 4) is 17.1 Å². The fraction of sp³-hybridized carbons (Fsp3) is 0.0526. The molecule has 0 aliphatic rings. The molecule has 0 aliphatic heterocycles. The highest BCUT2D eigenvalue weighted by atomic mass is 16.6. The van der Waals surface area contributed by atoms with E-state index in [1.54, 1.807) is 6.07 Å². The lowest BCUT2D eigenvalue weighted by atomic mass is 10.1. The highest BCUT2D eigenvalue weighted by molar-refractivity contribution is 6.03. The van der Waals surface area contributed by atoms with Crippen LogP contribution in [0.4, 0.5) is 11.4 Å². The maximum atomic E-state index is 12.4. The van der Waals surface area contributed by atoms with Gasteiger partial charge in [-0.15, -0.1) is 0 Å². The largest absolute Gasteiger partial charge is 0.507 e. The number of anilines is 1. The Hall–Kier alpha value is -4.14. The summed E-state index contributed by atoms with van der Waals surface area (Å²) in [5, 5.41) is 32.3. The van der Waals surface area contributed by atoms with Gasteiger partial charge in [-0.3, -0.25) is 14.9 Å². The molecular weight excluding hydrogens is 368 g/mol. The van der Waals surface area contributed by atoms with Gasteiger partial charge in [-0.1, -0.05) is 12.1 Å². The summed E-state index contributed by atoms with van der Waals surface area (Å²) in [6.07, 6.45) is 0. The molecule has 0 aliphatic carbocycles. The summed E-state index contributed by atoms with van der Waals surface area (Å²) >= 11 is 0. The third-order valence-corrected chi connectivity index (χ3v) is 3.96. The van der Waals surface area contributed by atoms with Crippen LogP contribution >= 0.6 is 0 Å². The van der Waals surface area contributed by atoms with Gasteiger partial charge in [0.15, 0.2) is 5.76 Å². The van der Waals surface area contributed by atoms with Crippen molar-refractivity contribution < 1.29 is 29.1 Å². The Morgan fingerprint density at radius 2 is 1.89 bits per heavy atom. The fourth-order valence-electron chi connectivity index (χ4n) is 2.60. The van der Waals surface area contributed by atoms with Gasteiger partial charge in [-0.05, 0) is 36.8 Å². The first-order chi connectivity index (χ1) is 13.3. The number of aryl methyl sites for hydroxylation is 1. The van der Waals surface area contributed by atoms with E-state index < -0.39 is 16.8 Å². The van der Waals surface area contributed by atoms with E-state index in [9.17, 15) is 24.8 Å². The molecule has 3 N–H and O–H groups in total. The zero-order valence-corrected chi connectivity index (χ0v) is 14.5. The van der Waals surface area contributed by atoms with Crippen molar-refractivity contribution in [2.75, 3.05) is 5.32 Å². The first kappa shape index (κ1) is 18.6. The monoisotopic (exact) mass is 382 g/mol. The van der Waals surface area contributed by atoms with Crippen molar-refractivity contribution in [2.24, 2.45) is 0 Å². The van der Waals surface area contributed by atoms with E-state index in [0.717, 1.165) is 6.07 Å². The van der Waals surface area contributed by atoms with E-state index in [0.29, 0.717) is 5.56 Å². The smallest absolute Gasteiger partial charge is 0.339 e. The third-order valence-electron chi connectivity index (χ3n) is 3.96. The van der Waals surface area contributed by atoms with E-state index in [1.807, 2.05) is 0 Å². The molecule has 0 bridgehead atoms. The Labute approximate surface area is 158 Å². The first-order valence-electron chi connectivity index (χ1n) is 7.99. The van der Waals surface area contributed by atoms with Crippen LogP contribution < -0.4 is 5.32 Å². The molecule has 1 heterocycles. The van der Waals surface area contributed by atoms with Crippen LogP contribution in [0, 0.1) is 17.0 Å². The van der Waals surface area contributed by atoms with Gasteiger partial charge < -0.3 is 19.9 Å². The number of hydrogen-bond acceptors (Lipinski definition) is 6. The van der Waals surface area contributed by atoms with Gasteiger partial charge in [-0.25, -0.2) is 4.79 Å². The summed E-state index contributed by atoms with van der Waals surface area (Å²) in [5.41, 5.74) is 0.438. The molecule has 1 aromatic heterocycles. The number of nitrogens with zero attached hydrogens (tertiary/aromatic N) is 1. The molecule has 9 heteroatoms. The van der Waals surface area contributed by atoms with Crippen LogP contribution in [0.3, 0.4) is 0 Å². The number of non-ortho nitro benzene ring substituents is 1. The van der Waals surface area contributed by atoms with Crippen LogP contribution in [-0.2, 0) is 0 Å². The maximum absolute atomic E-state index is 12.4. The molecule has 1 amide bonds. The number of phenols is 1. The van der Waals surface area contributed by atoms with Crippen molar-refractivity contribution >= 4 is 23.3 Å². The molecule has 9 nitrogen and oxygen atoms in total. The molecule has 0 fully saturated rings. The number of furan rings is 1. The number of hydrogen-bond donors (Lipinski definition) is 3. The zero-order chi connectivity index (χ0) is 20.4. The molecular formula is C19H14N2O7. The van der Waals surface area contributed by atoms with Crippen LogP contribution in [0.5, 0.6) is 5.75 Å².